The molecule has 1 aliphatic rings. The van der Waals surface area contributed by atoms with Crippen LogP contribution in [0.25, 0.3) is 0 Å². The molecule has 1 saturated heterocycles. The van der Waals surface area contributed by atoms with E-state index in [9.17, 15) is 0 Å². The summed E-state index contributed by atoms with van der Waals surface area (Å²) >= 11 is 0. The molecule has 1 N–H and O–H groups in total. The van der Waals surface area contributed by atoms with Gasteiger partial charge in [-0.2, -0.15) is 0 Å². The van der Waals surface area contributed by atoms with Crippen LogP contribution in [0.5, 0.6) is 5.88 Å². The lowest BCUT2D eigenvalue weighted by Crippen LogP contribution is -2.30. The lowest BCUT2D eigenvalue weighted by atomic mass is 9.94. The molecule has 0 aliphatic carbocycles. The fourth-order valence-electron chi connectivity index (χ4n) is 2.50. The van der Waals surface area contributed by atoms with E-state index in [1.165, 1.54) is 32.4 Å². The van der Waals surface area contributed by atoms with Gasteiger partial charge in [0.2, 0.25) is 5.88 Å². The number of ether oxygens (including phenoxy) is 1. The van der Waals surface area contributed by atoms with Crippen molar-refractivity contribution in [1.29, 1.82) is 0 Å². The maximum absolute atomic E-state index is 5.57. The molecule has 0 atom stereocenters. The molecule has 0 radical (unpaired) electrons. The predicted molar refractivity (Wildman–Crippen MR) is 81.1 cm³/mol. The fraction of sp³-hybridized carbons (Fsp3) is 0.733. The van der Waals surface area contributed by atoms with E-state index in [4.69, 9.17) is 4.74 Å². The molecule has 2 heterocycles. The number of hydrogen-bond donors (Lipinski definition) is 1. The smallest absolute Gasteiger partial charge is 0.218 e. The summed E-state index contributed by atoms with van der Waals surface area (Å²) in [4.78, 5) is 10.7. The van der Waals surface area contributed by atoms with E-state index < -0.39 is 0 Å². The predicted octanol–water partition coefficient (Wildman–Crippen LogP) is 2.41. The van der Waals surface area contributed by atoms with E-state index >= 15 is 0 Å². The van der Waals surface area contributed by atoms with Crippen LogP contribution in [0.3, 0.4) is 0 Å². The van der Waals surface area contributed by atoms with Gasteiger partial charge >= 0.3 is 0 Å². The molecule has 5 heteroatoms. The number of nitrogens with zero attached hydrogens (tertiary/aromatic N) is 3. The van der Waals surface area contributed by atoms with Gasteiger partial charge in [0.15, 0.2) is 0 Å². The Morgan fingerprint density at radius 1 is 1.35 bits per heavy atom. The molecule has 0 spiro atoms. The van der Waals surface area contributed by atoms with Gasteiger partial charge in [0.25, 0.3) is 0 Å². The zero-order valence-corrected chi connectivity index (χ0v) is 12.8. The number of anilines is 1. The van der Waals surface area contributed by atoms with Gasteiger partial charge in [-0.3, -0.25) is 0 Å². The Morgan fingerprint density at radius 3 is 2.80 bits per heavy atom. The molecule has 0 unspecified atom stereocenters. The average molecular weight is 278 g/mol. The van der Waals surface area contributed by atoms with Crippen molar-refractivity contribution in [3.8, 4) is 5.88 Å². The molecule has 2 rings (SSSR count). The zero-order valence-electron chi connectivity index (χ0n) is 12.8. The molecular weight excluding hydrogens is 252 g/mol. The minimum absolute atomic E-state index is 0.136. The van der Waals surface area contributed by atoms with E-state index in [1.807, 2.05) is 19.9 Å². The molecule has 0 bridgehead atoms. The van der Waals surface area contributed by atoms with Gasteiger partial charge in [0.1, 0.15) is 12.1 Å². The number of likely N-dealkylation sites (tertiary alicyclic amines) is 1. The standard InChI is InChI=1S/C15H26N4O/c1-12(2)20-15-10-14(17-11-18-15)16-7-4-13-5-8-19(3)9-6-13/h10-13H,4-9H2,1-3H3,(H,16,17,18). The first-order chi connectivity index (χ1) is 9.63. The first kappa shape index (κ1) is 15.0. The third-order valence-electron chi connectivity index (χ3n) is 3.70. The SMILES string of the molecule is CC(C)Oc1cc(NCCC2CCN(C)CC2)ncn1. The van der Waals surface area contributed by atoms with Gasteiger partial charge < -0.3 is 15.0 Å². The van der Waals surface area contributed by atoms with E-state index in [2.05, 4.69) is 27.2 Å². The van der Waals surface area contributed by atoms with Crippen molar-refractivity contribution in [2.24, 2.45) is 5.92 Å². The van der Waals surface area contributed by atoms with Crippen LogP contribution in [0, 0.1) is 5.92 Å². The van der Waals surface area contributed by atoms with Crippen molar-refractivity contribution < 1.29 is 4.74 Å². The molecule has 0 saturated carbocycles. The van der Waals surface area contributed by atoms with Crippen molar-refractivity contribution in [2.75, 3.05) is 32.0 Å². The largest absolute Gasteiger partial charge is 0.475 e. The number of hydrogen-bond acceptors (Lipinski definition) is 5. The number of piperidine rings is 1. The topological polar surface area (TPSA) is 50.3 Å². The van der Waals surface area contributed by atoms with Crippen molar-refractivity contribution in [3.05, 3.63) is 12.4 Å². The minimum atomic E-state index is 0.136. The maximum atomic E-state index is 5.57. The van der Waals surface area contributed by atoms with Gasteiger partial charge in [0, 0.05) is 12.6 Å². The third kappa shape index (κ3) is 4.96. The van der Waals surface area contributed by atoms with Crippen LogP contribution in [0.1, 0.15) is 33.1 Å². The van der Waals surface area contributed by atoms with Gasteiger partial charge in [-0.25, -0.2) is 9.97 Å². The lowest BCUT2D eigenvalue weighted by molar-refractivity contribution is 0.215. The van der Waals surface area contributed by atoms with Crippen LogP contribution in [0.4, 0.5) is 5.82 Å². The Kier molecular flexibility index (Phi) is 5.59. The summed E-state index contributed by atoms with van der Waals surface area (Å²) in [6.07, 6.45) is 5.51. The van der Waals surface area contributed by atoms with Gasteiger partial charge in [0.05, 0.1) is 6.10 Å². The number of nitrogens with one attached hydrogen (secondary N) is 1. The molecule has 0 amide bonds. The van der Waals surface area contributed by atoms with Crippen molar-refractivity contribution >= 4 is 5.82 Å². The summed E-state index contributed by atoms with van der Waals surface area (Å²) < 4.78 is 5.57. The van der Waals surface area contributed by atoms with Crippen LogP contribution < -0.4 is 10.1 Å². The molecule has 5 nitrogen and oxygen atoms in total. The van der Waals surface area contributed by atoms with Crippen LogP contribution in [0.15, 0.2) is 12.4 Å². The summed E-state index contributed by atoms with van der Waals surface area (Å²) in [5, 5.41) is 3.37. The Bertz CT molecular complexity index is 403. The fourth-order valence-corrected chi connectivity index (χ4v) is 2.50. The quantitative estimate of drug-likeness (QED) is 0.866. The van der Waals surface area contributed by atoms with Crippen molar-refractivity contribution in [3.63, 3.8) is 0 Å². The van der Waals surface area contributed by atoms with Gasteiger partial charge in [-0.15, -0.1) is 0 Å². The molecule has 20 heavy (non-hydrogen) atoms. The van der Waals surface area contributed by atoms with E-state index in [0.29, 0.717) is 5.88 Å². The molecule has 112 valence electrons. The highest BCUT2D eigenvalue weighted by Crippen LogP contribution is 2.19. The molecule has 0 aromatic carbocycles. The highest BCUT2D eigenvalue weighted by atomic mass is 16.5. The molecule has 1 aliphatic heterocycles. The highest BCUT2D eigenvalue weighted by Gasteiger charge is 2.16. The summed E-state index contributed by atoms with van der Waals surface area (Å²) in [5.74, 6) is 2.33. The van der Waals surface area contributed by atoms with Crippen LogP contribution in [0.2, 0.25) is 0 Å². The Labute approximate surface area is 121 Å². The van der Waals surface area contributed by atoms with E-state index in [-0.39, 0.29) is 6.10 Å². The highest BCUT2D eigenvalue weighted by molar-refractivity contribution is 5.36. The van der Waals surface area contributed by atoms with E-state index in [0.717, 1.165) is 18.3 Å². The first-order valence-corrected chi connectivity index (χ1v) is 7.54. The normalized spacial score (nSPS) is 17.4. The maximum Gasteiger partial charge on any atom is 0.218 e. The molecule has 1 fully saturated rings. The van der Waals surface area contributed by atoms with Crippen LogP contribution in [-0.2, 0) is 0 Å². The summed E-state index contributed by atoms with van der Waals surface area (Å²) in [7, 11) is 2.20. The Balaban J connectivity index is 1.73. The average Bonchev–Trinajstić information content (AvgIpc) is 2.41. The summed E-state index contributed by atoms with van der Waals surface area (Å²) in [6.45, 7) is 7.41. The molecular formula is C15H26N4O. The van der Waals surface area contributed by atoms with Crippen LogP contribution >= 0.6 is 0 Å². The molecule has 1 aromatic heterocycles. The monoisotopic (exact) mass is 278 g/mol. The Morgan fingerprint density at radius 2 is 2.10 bits per heavy atom. The second-order valence-electron chi connectivity index (χ2n) is 5.87. The van der Waals surface area contributed by atoms with Crippen LogP contribution in [-0.4, -0.2) is 47.7 Å². The summed E-state index contributed by atoms with van der Waals surface area (Å²) in [5.41, 5.74) is 0. The Hall–Kier alpha value is -1.36. The first-order valence-electron chi connectivity index (χ1n) is 7.54. The second-order valence-corrected chi connectivity index (χ2v) is 5.87. The lowest BCUT2D eigenvalue weighted by Gasteiger charge is -2.28. The van der Waals surface area contributed by atoms with Gasteiger partial charge in [-0.05, 0) is 59.2 Å². The number of aromatic nitrogens is 2. The molecule has 1 aromatic rings. The second kappa shape index (κ2) is 7.43. The van der Waals surface area contributed by atoms with Gasteiger partial charge in [-0.1, -0.05) is 0 Å². The summed E-state index contributed by atoms with van der Waals surface area (Å²) in [6, 6.07) is 1.87. The third-order valence-corrected chi connectivity index (χ3v) is 3.70. The minimum Gasteiger partial charge on any atom is -0.475 e. The van der Waals surface area contributed by atoms with Crippen molar-refractivity contribution in [1.82, 2.24) is 14.9 Å². The number of rotatable bonds is 6. The van der Waals surface area contributed by atoms with Crippen molar-refractivity contribution in [2.45, 2.75) is 39.2 Å². The zero-order chi connectivity index (χ0) is 14.4. The van der Waals surface area contributed by atoms with E-state index in [1.54, 1.807) is 6.33 Å².